The van der Waals surface area contributed by atoms with Crippen molar-refractivity contribution in [2.24, 2.45) is 0 Å². The van der Waals surface area contributed by atoms with Crippen LogP contribution in [0.4, 0.5) is 4.79 Å². The van der Waals surface area contributed by atoms with Crippen LogP contribution in [-0.2, 0) is 14.2 Å². The monoisotopic (exact) mass is 258 g/mol. The molecule has 18 heavy (non-hydrogen) atoms. The van der Waals surface area contributed by atoms with Gasteiger partial charge < -0.3 is 24.4 Å². The van der Waals surface area contributed by atoms with E-state index in [4.69, 9.17) is 14.2 Å². The number of hydrogen-bond donors (Lipinski definition) is 1. The van der Waals surface area contributed by atoms with Crippen LogP contribution in [0.25, 0.3) is 0 Å². The lowest BCUT2D eigenvalue weighted by Crippen LogP contribution is -2.41. The van der Waals surface area contributed by atoms with Gasteiger partial charge in [-0.1, -0.05) is 12.7 Å². The summed E-state index contributed by atoms with van der Waals surface area (Å²) in [5.41, 5.74) is 0. The predicted molar refractivity (Wildman–Crippen MR) is 67.6 cm³/mol. The van der Waals surface area contributed by atoms with Gasteiger partial charge in [-0.2, -0.15) is 0 Å². The van der Waals surface area contributed by atoms with E-state index in [2.05, 4.69) is 11.9 Å². The van der Waals surface area contributed by atoms with E-state index in [0.29, 0.717) is 26.3 Å². The SMILES string of the molecule is C1COCCN1.C=CCOC(=O)N1CCOCC1. The zero-order valence-electron chi connectivity index (χ0n) is 10.7. The summed E-state index contributed by atoms with van der Waals surface area (Å²) in [5, 5.41) is 3.16. The van der Waals surface area contributed by atoms with Crippen molar-refractivity contribution in [3.05, 3.63) is 12.7 Å². The van der Waals surface area contributed by atoms with Gasteiger partial charge in [-0.25, -0.2) is 4.79 Å². The van der Waals surface area contributed by atoms with E-state index in [1.165, 1.54) is 0 Å². The van der Waals surface area contributed by atoms with Crippen LogP contribution in [0.2, 0.25) is 0 Å². The minimum atomic E-state index is -0.279. The average molecular weight is 258 g/mol. The number of rotatable bonds is 2. The van der Waals surface area contributed by atoms with Crippen LogP contribution in [0.15, 0.2) is 12.7 Å². The average Bonchev–Trinajstić information content (AvgIpc) is 2.48. The second-order valence-corrected chi connectivity index (χ2v) is 3.83. The number of carbonyl (C=O) groups excluding carboxylic acids is 1. The van der Waals surface area contributed by atoms with Crippen molar-refractivity contribution >= 4 is 6.09 Å². The van der Waals surface area contributed by atoms with Crippen LogP contribution < -0.4 is 5.32 Å². The molecule has 6 heteroatoms. The number of morpholine rings is 2. The Morgan fingerprint density at radius 2 is 1.83 bits per heavy atom. The Labute approximate surface area is 108 Å². The van der Waals surface area contributed by atoms with Crippen molar-refractivity contribution in [1.29, 1.82) is 0 Å². The third-order valence-electron chi connectivity index (χ3n) is 2.44. The first kappa shape index (κ1) is 14.9. The van der Waals surface area contributed by atoms with Crippen molar-refractivity contribution in [3.8, 4) is 0 Å². The van der Waals surface area contributed by atoms with Gasteiger partial charge in [-0.15, -0.1) is 0 Å². The fraction of sp³-hybridized carbons (Fsp3) is 0.750. The molecular weight excluding hydrogens is 236 g/mol. The fourth-order valence-electron chi connectivity index (χ4n) is 1.48. The topological polar surface area (TPSA) is 60.0 Å². The highest BCUT2D eigenvalue weighted by Gasteiger charge is 2.16. The molecule has 6 nitrogen and oxygen atoms in total. The molecule has 2 aliphatic heterocycles. The maximum atomic E-state index is 11.2. The normalized spacial score (nSPS) is 19.4. The summed E-state index contributed by atoms with van der Waals surface area (Å²) >= 11 is 0. The van der Waals surface area contributed by atoms with E-state index < -0.39 is 0 Å². The highest BCUT2D eigenvalue weighted by atomic mass is 16.6. The summed E-state index contributed by atoms with van der Waals surface area (Å²) in [4.78, 5) is 12.8. The first-order chi connectivity index (χ1) is 8.84. The summed E-state index contributed by atoms with van der Waals surface area (Å²) in [6.45, 7) is 10.0. The van der Waals surface area contributed by atoms with Gasteiger partial charge in [0, 0.05) is 26.2 Å². The molecule has 0 atom stereocenters. The number of hydrogen-bond acceptors (Lipinski definition) is 5. The molecule has 2 saturated heterocycles. The lowest BCUT2D eigenvalue weighted by atomic mass is 10.5. The summed E-state index contributed by atoms with van der Waals surface area (Å²) in [5.74, 6) is 0. The van der Waals surface area contributed by atoms with Gasteiger partial charge in [-0.05, 0) is 0 Å². The predicted octanol–water partition coefficient (Wildman–Crippen LogP) is 0.247. The second-order valence-electron chi connectivity index (χ2n) is 3.83. The highest BCUT2D eigenvalue weighted by Crippen LogP contribution is 1.99. The number of carbonyl (C=O) groups is 1. The first-order valence-electron chi connectivity index (χ1n) is 6.23. The van der Waals surface area contributed by atoms with E-state index >= 15 is 0 Å². The molecular formula is C12H22N2O4. The Balaban J connectivity index is 0.000000225. The molecule has 0 aromatic heterocycles. The Bertz CT molecular complexity index is 227. The van der Waals surface area contributed by atoms with Gasteiger partial charge >= 0.3 is 6.09 Å². The molecule has 2 rings (SSSR count). The Hall–Kier alpha value is -1.11. The molecule has 1 N–H and O–H groups in total. The van der Waals surface area contributed by atoms with Gasteiger partial charge in [0.25, 0.3) is 0 Å². The fourth-order valence-corrected chi connectivity index (χ4v) is 1.48. The molecule has 0 bridgehead atoms. The van der Waals surface area contributed by atoms with Gasteiger partial charge in [0.05, 0.1) is 26.4 Å². The van der Waals surface area contributed by atoms with Gasteiger partial charge in [0.2, 0.25) is 0 Å². The zero-order chi connectivity index (χ0) is 13.1. The molecule has 104 valence electrons. The van der Waals surface area contributed by atoms with Crippen LogP contribution in [0, 0.1) is 0 Å². The molecule has 2 aliphatic rings. The first-order valence-corrected chi connectivity index (χ1v) is 6.23. The Kier molecular flexibility index (Phi) is 8.20. The number of nitrogens with one attached hydrogen (secondary N) is 1. The van der Waals surface area contributed by atoms with Crippen molar-refractivity contribution in [2.45, 2.75) is 0 Å². The van der Waals surface area contributed by atoms with Crippen LogP contribution in [0.3, 0.4) is 0 Å². The maximum Gasteiger partial charge on any atom is 0.410 e. The van der Waals surface area contributed by atoms with Crippen molar-refractivity contribution in [1.82, 2.24) is 10.2 Å². The highest BCUT2D eigenvalue weighted by molar-refractivity contribution is 5.67. The zero-order valence-corrected chi connectivity index (χ0v) is 10.7. The molecule has 0 radical (unpaired) electrons. The lowest BCUT2D eigenvalue weighted by Gasteiger charge is -2.25. The molecule has 0 aromatic rings. The minimum absolute atomic E-state index is 0.274. The molecule has 0 spiro atoms. The summed E-state index contributed by atoms with van der Waals surface area (Å²) in [7, 11) is 0. The quantitative estimate of drug-likeness (QED) is 0.719. The van der Waals surface area contributed by atoms with E-state index in [9.17, 15) is 4.79 Å². The largest absolute Gasteiger partial charge is 0.445 e. The van der Waals surface area contributed by atoms with E-state index in [-0.39, 0.29) is 12.7 Å². The summed E-state index contributed by atoms with van der Waals surface area (Å²) < 4.78 is 14.9. The Morgan fingerprint density at radius 1 is 1.22 bits per heavy atom. The third-order valence-corrected chi connectivity index (χ3v) is 2.44. The molecule has 2 heterocycles. The lowest BCUT2D eigenvalue weighted by molar-refractivity contribution is 0.0301. The molecule has 0 aliphatic carbocycles. The number of ether oxygens (including phenoxy) is 3. The van der Waals surface area contributed by atoms with Gasteiger partial charge in [-0.3, -0.25) is 0 Å². The van der Waals surface area contributed by atoms with Crippen LogP contribution in [0.5, 0.6) is 0 Å². The molecule has 0 aromatic carbocycles. The van der Waals surface area contributed by atoms with Crippen LogP contribution in [-0.4, -0.2) is 70.2 Å². The second kappa shape index (κ2) is 9.87. The minimum Gasteiger partial charge on any atom is -0.445 e. The smallest absolute Gasteiger partial charge is 0.410 e. The standard InChI is InChI=1S/C8H13NO3.C4H9NO/c1-2-5-12-8(10)9-3-6-11-7-4-9;1-3-6-4-2-5-1/h2H,1,3-7H2;5H,1-4H2. The summed E-state index contributed by atoms with van der Waals surface area (Å²) in [6.07, 6.45) is 1.27. The summed E-state index contributed by atoms with van der Waals surface area (Å²) in [6, 6.07) is 0. The third kappa shape index (κ3) is 6.58. The van der Waals surface area contributed by atoms with E-state index in [1.54, 1.807) is 11.0 Å². The van der Waals surface area contributed by atoms with Gasteiger partial charge in [0.1, 0.15) is 6.61 Å². The molecule has 0 unspecified atom stereocenters. The maximum absolute atomic E-state index is 11.2. The Morgan fingerprint density at radius 3 is 2.28 bits per heavy atom. The van der Waals surface area contributed by atoms with Gasteiger partial charge in [0.15, 0.2) is 0 Å². The van der Waals surface area contributed by atoms with Crippen molar-refractivity contribution < 1.29 is 19.0 Å². The molecule has 1 amide bonds. The number of nitrogens with zero attached hydrogens (tertiary/aromatic N) is 1. The van der Waals surface area contributed by atoms with Crippen LogP contribution in [0.1, 0.15) is 0 Å². The van der Waals surface area contributed by atoms with E-state index in [0.717, 1.165) is 26.3 Å². The van der Waals surface area contributed by atoms with Crippen LogP contribution >= 0.6 is 0 Å². The number of amides is 1. The molecule has 2 fully saturated rings. The van der Waals surface area contributed by atoms with E-state index in [1.807, 2.05) is 0 Å². The molecule has 0 saturated carbocycles. The van der Waals surface area contributed by atoms with Crippen molar-refractivity contribution in [3.63, 3.8) is 0 Å². The van der Waals surface area contributed by atoms with Crippen molar-refractivity contribution in [2.75, 3.05) is 59.2 Å².